The highest BCUT2D eigenvalue weighted by atomic mass is 19.1. The van der Waals surface area contributed by atoms with Crippen LogP contribution in [0.25, 0.3) is 11.6 Å². The van der Waals surface area contributed by atoms with Gasteiger partial charge in [-0.1, -0.05) is 26.0 Å². The summed E-state index contributed by atoms with van der Waals surface area (Å²) in [6, 6.07) is 2.75. The molecule has 2 heterocycles. The number of halogens is 1. The molecule has 6 nitrogen and oxygen atoms in total. The Bertz CT molecular complexity index is 1170. The topological polar surface area (TPSA) is 77.0 Å². The molecule has 3 N–H and O–H groups in total. The van der Waals surface area contributed by atoms with E-state index >= 15 is 0 Å². The van der Waals surface area contributed by atoms with Gasteiger partial charge in [-0.2, -0.15) is 5.10 Å². The molecule has 0 radical (unpaired) electrons. The zero-order valence-electron chi connectivity index (χ0n) is 19.2. The maximum absolute atomic E-state index is 14.5. The number of hydrazone groups is 1. The third-order valence-corrected chi connectivity index (χ3v) is 6.86. The van der Waals surface area contributed by atoms with Crippen molar-refractivity contribution in [3.63, 3.8) is 0 Å². The largest absolute Gasteiger partial charge is 0.480 e. The Balaban J connectivity index is 1.48. The monoisotopic (exact) mass is 448 g/mol. The fraction of sp³-hybridized carbons (Fsp3) is 0.385. The Morgan fingerprint density at radius 3 is 2.85 bits per heavy atom. The lowest BCUT2D eigenvalue weighted by atomic mass is 9.84. The number of likely N-dealkylation sites (N-methyl/N-ethyl adjacent to an activating group) is 1. The third-order valence-electron chi connectivity index (χ3n) is 6.86. The van der Waals surface area contributed by atoms with Gasteiger partial charge in [-0.05, 0) is 65.7 Å². The number of rotatable bonds is 5. The van der Waals surface area contributed by atoms with Gasteiger partial charge in [0.1, 0.15) is 11.9 Å². The first-order valence-electron chi connectivity index (χ1n) is 11.5. The van der Waals surface area contributed by atoms with Crippen LogP contribution in [0.15, 0.2) is 52.4 Å². The number of aliphatic carboxylic acids is 1. The Kier molecular flexibility index (Phi) is 5.44. The van der Waals surface area contributed by atoms with Crippen LogP contribution in [0, 0.1) is 11.7 Å². The van der Waals surface area contributed by atoms with Gasteiger partial charge in [0.2, 0.25) is 0 Å². The first-order chi connectivity index (χ1) is 15.8. The summed E-state index contributed by atoms with van der Waals surface area (Å²) in [4.78, 5) is 13.7. The molecule has 5 rings (SSSR count). The SMILES string of the molecule is CC(C)[C@H](NC1CC=C(C2=C3NN=C4C=Cc5cc(F)cc(c54)C3=CN(C)C2)CC1)C(=O)O. The molecule has 0 bridgehead atoms. The third kappa shape index (κ3) is 3.91. The van der Waals surface area contributed by atoms with Crippen LogP contribution in [0.2, 0.25) is 0 Å². The molecule has 0 saturated carbocycles. The number of fused-ring (bicyclic) bond motifs is 2. The fourth-order valence-corrected chi connectivity index (χ4v) is 5.20. The van der Waals surface area contributed by atoms with E-state index < -0.39 is 12.0 Å². The van der Waals surface area contributed by atoms with Crippen molar-refractivity contribution in [2.75, 3.05) is 13.6 Å². The van der Waals surface area contributed by atoms with E-state index in [0.29, 0.717) is 0 Å². The van der Waals surface area contributed by atoms with Gasteiger partial charge in [0.25, 0.3) is 0 Å². The molecule has 2 aliphatic carbocycles. The second kappa shape index (κ2) is 8.30. The van der Waals surface area contributed by atoms with Gasteiger partial charge in [-0.3, -0.25) is 10.2 Å². The summed E-state index contributed by atoms with van der Waals surface area (Å²) in [5, 5.41) is 17.5. The molecule has 7 heteroatoms. The quantitative estimate of drug-likeness (QED) is 0.637. The summed E-state index contributed by atoms with van der Waals surface area (Å²) in [6.07, 6.45) is 10.6. The van der Waals surface area contributed by atoms with Crippen molar-refractivity contribution in [1.82, 2.24) is 15.6 Å². The minimum absolute atomic E-state index is 0.0257. The Morgan fingerprint density at radius 2 is 2.15 bits per heavy atom. The van der Waals surface area contributed by atoms with E-state index in [9.17, 15) is 14.3 Å². The zero-order chi connectivity index (χ0) is 23.3. The van der Waals surface area contributed by atoms with Crippen molar-refractivity contribution in [2.45, 2.75) is 45.2 Å². The zero-order valence-corrected chi connectivity index (χ0v) is 19.2. The van der Waals surface area contributed by atoms with Crippen LogP contribution in [0.5, 0.6) is 0 Å². The van der Waals surface area contributed by atoms with Gasteiger partial charge in [0.05, 0.1) is 11.4 Å². The molecule has 33 heavy (non-hydrogen) atoms. The molecule has 172 valence electrons. The van der Waals surface area contributed by atoms with E-state index in [1.807, 2.05) is 33.0 Å². The number of carbonyl (C=O) groups is 1. The number of hydrogen-bond donors (Lipinski definition) is 3. The number of nitrogens with one attached hydrogen (secondary N) is 2. The molecule has 1 aromatic carbocycles. The normalized spacial score (nSPS) is 22.2. The van der Waals surface area contributed by atoms with E-state index in [1.165, 1.54) is 11.1 Å². The van der Waals surface area contributed by atoms with E-state index in [4.69, 9.17) is 0 Å². The average molecular weight is 449 g/mol. The van der Waals surface area contributed by atoms with Crippen LogP contribution < -0.4 is 10.7 Å². The molecule has 2 atom stereocenters. The molecule has 0 spiro atoms. The Morgan fingerprint density at radius 1 is 1.33 bits per heavy atom. The molecule has 0 aromatic heterocycles. The van der Waals surface area contributed by atoms with E-state index in [2.05, 4.69) is 33.0 Å². The van der Waals surface area contributed by atoms with E-state index in [0.717, 1.165) is 59.5 Å². The smallest absolute Gasteiger partial charge is 0.320 e. The molecule has 0 fully saturated rings. The lowest BCUT2D eigenvalue weighted by molar-refractivity contribution is -0.140. The molecule has 2 aliphatic heterocycles. The van der Waals surface area contributed by atoms with Gasteiger partial charge >= 0.3 is 5.97 Å². The minimum atomic E-state index is -0.800. The van der Waals surface area contributed by atoms with Gasteiger partial charge < -0.3 is 15.3 Å². The van der Waals surface area contributed by atoms with Crippen molar-refractivity contribution >= 4 is 23.3 Å². The van der Waals surface area contributed by atoms with E-state index in [1.54, 1.807) is 12.1 Å². The second-order valence-corrected chi connectivity index (χ2v) is 9.60. The van der Waals surface area contributed by atoms with Crippen LogP contribution in [0.1, 0.15) is 49.8 Å². The van der Waals surface area contributed by atoms with Gasteiger partial charge in [-0.15, -0.1) is 0 Å². The number of allylic oxidation sites excluding steroid dienone is 2. The van der Waals surface area contributed by atoms with Crippen LogP contribution in [-0.4, -0.2) is 47.4 Å². The van der Waals surface area contributed by atoms with Crippen molar-refractivity contribution in [1.29, 1.82) is 0 Å². The molecule has 1 aromatic rings. The number of carboxylic acid groups (broad SMARTS) is 1. The number of hydrogen-bond acceptors (Lipinski definition) is 5. The summed E-state index contributed by atoms with van der Waals surface area (Å²) in [7, 11) is 2.03. The number of carboxylic acids is 1. The van der Waals surface area contributed by atoms with E-state index in [-0.39, 0.29) is 17.8 Å². The maximum atomic E-state index is 14.5. The predicted molar refractivity (Wildman–Crippen MR) is 128 cm³/mol. The maximum Gasteiger partial charge on any atom is 0.320 e. The molecule has 1 unspecified atom stereocenters. The number of nitrogens with zero attached hydrogens (tertiary/aromatic N) is 2. The summed E-state index contributed by atoms with van der Waals surface area (Å²) in [5.41, 5.74) is 11.1. The Labute approximate surface area is 193 Å². The fourth-order valence-electron chi connectivity index (χ4n) is 5.20. The predicted octanol–water partition coefficient (Wildman–Crippen LogP) is 3.88. The van der Waals surface area contributed by atoms with Crippen molar-refractivity contribution in [2.24, 2.45) is 11.0 Å². The number of benzene rings is 1. The highest BCUT2D eigenvalue weighted by Gasteiger charge is 2.31. The van der Waals surface area contributed by atoms with Crippen molar-refractivity contribution in [3.05, 3.63) is 69.8 Å². The lowest BCUT2D eigenvalue weighted by Crippen LogP contribution is -2.47. The van der Waals surface area contributed by atoms with Crippen LogP contribution in [-0.2, 0) is 4.79 Å². The molecular formula is C26H29FN4O2. The van der Waals surface area contributed by atoms with Crippen LogP contribution in [0.3, 0.4) is 0 Å². The van der Waals surface area contributed by atoms with Gasteiger partial charge in [0, 0.05) is 37.0 Å². The molecule has 0 saturated heterocycles. The standard InChI is InChI=1S/C26H29FN4O2/c1-14(2)24(26(32)33)28-18-7-4-15(5-8-18)20-12-31(3)13-21-19-11-17(27)10-16-6-9-22(23(16)19)29-30-25(20)21/h4,6,9-11,13-14,18,24,28,30H,5,7-8,12H2,1-3H3,(H,32,33)/t18?,24-/m0/s1. The summed E-state index contributed by atoms with van der Waals surface area (Å²) in [6.45, 7) is 4.59. The summed E-state index contributed by atoms with van der Waals surface area (Å²) < 4.78 is 14.5. The highest BCUT2D eigenvalue weighted by Crippen LogP contribution is 2.40. The molecule has 4 aliphatic rings. The summed E-state index contributed by atoms with van der Waals surface area (Å²) in [5.74, 6) is -1.03. The first kappa shape index (κ1) is 21.6. The Hall–Kier alpha value is -3.19. The average Bonchev–Trinajstić information content (AvgIpc) is 3.10. The molecular weight excluding hydrogens is 419 g/mol. The van der Waals surface area contributed by atoms with Crippen LogP contribution in [0.4, 0.5) is 4.39 Å². The first-order valence-corrected chi connectivity index (χ1v) is 11.5. The second-order valence-electron chi connectivity index (χ2n) is 9.60. The van der Waals surface area contributed by atoms with Crippen LogP contribution >= 0.6 is 0 Å². The lowest BCUT2D eigenvalue weighted by Gasteiger charge is -2.32. The highest BCUT2D eigenvalue weighted by molar-refractivity contribution is 6.20. The minimum Gasteiger partial charge on any atom is -0.480 e. The summed E-state index contributed by atoms with van der Waals surface area (Å²) >= 11 is 0. The van der Waals surface area contributed by atoms with Gasteiger partial charge in [0.15, 0.2) is 0 Å². The molecule has 0 amide bonds. The van der Waals surface area contributed by atoms with Crippen molar-refractivity contribution in [3.8, 4) is 0 Å². The van der Waals surface area contributed by atoms with Gasteiger partial charge in [-0.25, -0.2) is 4.39 Å². The van der Waals surface area contributed by atoms with Crippen molar-refractivity contribution < 1.29 is 14.3 Å².